The average molecular weight is 394 g/mol. The zero-order chi connectivity index (χ0) is 19.5. The summed E-state index contributed by atoms with van der Waals surface area (Å²) in [6.07, 6.45) is 2.19. The Morgan fingerprint density at radius 3 is 2.31 bits per heavy atom. The Kier molecular flexibility index (Phi) is 3.63. The van der Waals surface area contributed by atoms with Crippen molar-refractivity contribution >= 4 is 65.7 Å². The van der Waals surface area contributed by atoms with E-state index in [-0.39, 0.29) is 0 Å². The third-order valence-corrected chi connectivity index (χ3v) is 6.36. The summed E-state index contributed by atoms with van der Waals surface area (Å²) >= 11 is 6.43. The van der Waals surface area contributed by atoms with Gasteiger partial charge in [0.2, 0.25) is 0 Å². The van der Waals surface area contributed by atoms with E-state index in [2.05, 4.69) is 78.6 Å². The van der Waals surface area contributed by atoms with E-state index in [0.717, 1.165) is 23.4 Å². The molecule has 0 atom stereocenters. The SMILES string of the molecule is CCCc1cc2ccccc2c2c1c1ccccc1c1[nH]c3ccc(Cl)cc3c12. The van der Waals surface area contributed by atoms with Gasteiger partial charge in [0.25, 0.3) is 0 Å². The summed E-state index contributed by atoms with van der Waals surface area (Å²) in [5.41, 5.74) is 3.76. The topological polar surface area (TPSA) is 15.8 Å². The molecule has 29 heavy (non-hydrogen) atoms. The van der Waals surface area contributed by atoms with Crippen molar-refractivity contribution in [1.82, 2.24) is 4.98 Å². The molecule has 0 aliphatic heterocycles. The fourth-order valence-electron chi connectivity index (χ4n) is 4.98. The minimum Gasteiger partial charge on any atom is -0.354 e. The number of halogens is 1. The van der Waals surface area contributed by atoms with E-state index in [1.165, 1.54) is 54.2 Å². The number of aromatic amines is 1. The summed E-state index contributed by atoms with van der Waals surface area (Å²) in [7, 11) is 0. The van der Waals surface area contributed by atoms with Gasteiger partial charge in [0.15, 0.2) is 0 Å². The number of hydrogen-bond donors (Lipinski definition) is 1. The van der Waals surface area contributed by atoms with Gasteiger partial charge in [-0.05, 0) is 51.7 Å². The normalized spacial score (nSPS) is 12.1. The highest BCUT2D eigenvalue weighted by Crippen LogP contribution is 2.44. The monoisotopic (exact) mass is 393 g/mol. The third-order valence-electron chi connectivity index (χ3n) is 6.13. The predicted molar refractivity (Wildman–Crippen MR) is 127 cm³/mol. The van der Waals surface area contributed by atoms with E-state index >= 15 is 0 Å². The lowest BCUT2D eigenvalue weighted by Gasteiger charge is -2.15. The number of benzene rings is 5. The maximum atomic E-state index is 6.43. The Morgan fingerprint density at radius 2 is 1.48 bits per heavy atom. The van der Waals surface area contributed by atoms with E-state index in [1.807, 2.05) is 6.07 Å². The molecule has 2 heteroatoms. The summed E-state index contributed by atoms with van der Waals surface area (Å²) in [6, 6.07) is 26.1. The van der Waals surface area contributed by atoms with Crippen LogP contribution in [0.3, 0.4) is 0 Å². The van der Waals surface area contributed by atoms with Gasteiger partial charge in [-0.25, -0.2) is 0 Å². The maximum Gasteiger partial charge on any atom is 0.0551 e. The number of aromatic nitrogens is 1. The molecule has 5 aromatic carbocycles. The Morgan fingerprint density at radius 1 is 0.724 bits per heavy atom. The van der Waals surface area contributed by atoms with Crippen LogP contribution in [0.15, 0.2) is 72.8 Å². The first-order valence-electron chi connectivity index (χ1n) is 10.2. The second kappa shape index (κ2) is 6.23. The summed E-state index contributed by atoms with van der Waals surface area (Å²) in [6.45, 7) is 2.26. The van der Waals surface area contributed by atoms with Crippen molar-refractivity contribution in [3.8, 4) is 0 Å². The molecule has 1 aromatic heterocycles. The molecule has 0 aliphatic carbocycles. The van der Waals surface area contributed by atoms with Crippen LogP contribution < -0.4 is 0 Å². The number of nitrogens with one attached hydrogen (secondary N) is 1. The largest absolute Gasteiger partial charge is 0.354 e. The van der Waals surface area contributed by atoms with Crippen molar-refractivity contribution in [3.05, 3.63) is 83.4 Å². The quantitative estimate of drug-likeness (QED) is 0.284. The lowest BCUT2D eigenvalue weighted by molar-refractivity contribution is 0.931. The molecule has 0 aliphatic rings. The van der Waals surface area contributed by atoms with E-state index in [9.17, 15) is 0 Å². The highest BCUT2D eigenvalue weighted by atomic mass is 35.5. The van der Waals surface area contributed by atoms with Gasteiger partial charge in [0, 0.05) is 32.1 Å². The molecular weight excluding hydrogens is 374 g/mol. The molecule has 140 valence electrons. The zero-order valence-corrected chi connectivity index (χ0v) is 17.0. The molecule has 0 spiro atoms. The molecular formula is C27H20ClN. The van der Waals surface area contributed by atoms with Crippen LogP contribution in [0.4, 0.5) is 0 Å². The van der Waals surface area contributed by atoms with Crippen LogP contribution in [0.2, 0.25) is 5.02 Å². The van der Waals surface area contributed by atoms with Crippen molar-refractivity contribution in [1.29, 1.82) is 0 Å². The fraction of sp³-hybridized carbons (Fsp3) is 0.111. The van der Waals surface area contributed by atoms with Crippen molar-refractivity contribution in [3.63, 3.8) is 0 Å². The van der Waals surface area contributed by atoms with Crippen LogP contribution in [0, 0.1) is 0 Å². The van der Waals surface area contributed by atoms with Gasteiger partial charge in [-0.15, -0.1) is 0 Å². The van der Waals surface area contributed by atoms with E-state index in [4.69, 9.17) is 11.6 Å². The third kappa shape index (κ3) is 2.34. The van der Waals surface area contributed by atoms with Crippen molar-refractivity contribution in [2.24, 2.45) is 0 Å². The number of aryl methyl sites for hydroxylation is 1. The molecule has 1 heterocycles. The molecule has 0 saturated heterocycles. The molecule has 0 unspecified atom stereocenters. The molecule has 1 N–H and O–H groups in total. The van der Waals surface area contributed by atoms with Gasteiger partial charge in [-0.1, -0.05) is 79.5 Å². The molecule has 0 amide bonds. The second-order valence-electron chi connectivity index (χ2n) is 7.87. The average Bonchev–Trinajstić information content (AvgIpc) is 3.12. The second-order valence-corrected chi connectivity index (χ2v) is 8.30. The van der Waals surface area contributed by atoms with E-state index < -0.39 is 0 Å². The van der Waals surface area contributed by atoms with Crippen LogP contribution in [-0.4, -0.2) is 4.98 Å². The molecule has 6 aromatic rings. The van der Waals surface area contributed by atoms with Gasteiger partial charge in [-0.2, -0.15) is 0 Å². The molecule has 1 nitrogen and oxygen atoms in total. The van der Waals surface area contributed by atoms with Gasteiger partial charge in [-0.3, -0.25) is 0 Å². The van der Waals surface area contributed by atoms with Crippen LogP contribution in [0.25, 0.3) is 54.1 Å². The van der Waals surface area contributed by atoms with Gasteiger partial charge in [0.1, 0.15) is 0 Å². The number of rotatable bonds is 2. The summed E-state index contributed by atoms with van der Waals surface area (Å²) in [5, 5.41) is 11.2. The first kappa shape index (κ1) is 16.9. The van der Waals surface area contributed by atoms with Crippen molar-refractivity contribution in [2.75, 3.05) is 0 Å². The highest BCUT2D eigenvalue weighted by molar-refractivity contribution is 6.38. The van der Waals surface area contributed by atoms with Crippen molar-refractivity contribution in [2.45, 2.75) is 19.8 Å². The van der Waals surface area contributed by atoms with E-state index in [0.29, 0.717) is 0 Å². The summed E-state index contributed by atoms with van der Waals surface area (Å²) in [5.74, 6) is 0. The van der Waals surface area contributed by atoms with Gasteiger partial charge in [0.05, 0.1) is 5.52 Å². The molecule has 6 rings (SSSR count). The van der Waals surface area contributed by atoms with Gasteiger partial charge >= 0.3 is 0 Å². The van der Waals surface area contributed by atoms with E-state index in [1.54, 1.807) is 0 Å². The zero-order valence-electron chi connectivity index (χ0n) is 16.2. The molecule has 0 fully saturated rings. The molecule has 0 bridgehead atoms. The lowest BCUT2D eigenvalue weighted by atomic mass is 9.88. The number of H-pyrrole nitrogens is 1. The first-order chi connectivity index (χ1) is 14.3. The fourth-order valence-corrected chi connectivity index (χ4v) is 5.16. The Hall–Kier alpha value is -3.03. The Labute approximate surface area is 173 Å². The minimum absolute atomic E-state index is 0.772. The molecule has 0 radical (unpaired) electrons. The van der Waals surface area contributed by atoms with Crippen LogP contribution in [0.1, 0.15) is 18.9 Å². The Balaban J connectivity index is 2.04. The standard InChI is InChI=1S/C27H20ClN/c1-2-7-17-14-16-8-3-4-9-19(16)25-24(17)20-10-5-6-11-21(20)27-26(25)22-15-18(28)12-13-23(22)29-27/h3-6,8-15,29H,2,7H2,1H3. The van der Waals surface area contributed by atoms with Gasteiger partial charge < -0.3 is 4.98 Å². The first-order valence-corrected chi connectivity index (χ1v) is 10.6. The number of fused-ring (bicyclic) bond motifs is 10. The molecule has 0 saturated carbocycles. The summed E-state index contributed by atoms with van der Waals surface area (Å²) < 4.78 is 0. The smallest absolute Gasteiger partial charge is 0.0551 e. The van der Waals surface area contributed by atoms with Crippen LogP contribution in [0.5, 0.6) is 0 Å². The maximum absolute atomic E-state index is 6.43. The highest BCUT2D eigenvalue weighted by Gasteiger charge is 2.18. The van der Waals surface area contributed by atoms with Crippen LogP contribution >= 0.6 is 11.6 Å². The minimum atomic E-state index is 0.772. The summed E-state index contributed by atoms with van der Waals surface area (Å²) in [4.78, 5) is 3.70. The predicted octanol–water partition coefficient (Wildman–Crippen LogP) is 8.39. The lowest BCUT2D eigenvalue weighted by Crippen LogP contribution is -1.91. The van der Waals surface area contributed by atoms with Crippen molar-refractivity contribution < 1.29 is 0 Å². The van der Waals surface area contributed by atoms with Crippen LogP contribution in [-0.2, 0) is 6.42 Å². The number of hydrogen-bond acceptors (Lipinski definition) is 0. The Bertz CT molecular complexity index is 1570.